The van der Waals surface area contributed by atoms with Crippen LogP contribution >= 0.6 is 0 Å². The molecule has 0 radical (unpaired) electrons. The highest BCUT2D eigenvalue weighted by Gasteiger charge is 2.75. The van der Waals surface area contributed by atoms with Gasteiger partial charge < -0.3 is 80.5 Å². The van der Waals surface area contributed by atoms with Gasteiger partial charge in [-0.3, -0.25) is 67.1 Å². The zero-order chi connectivity index (χ0) is 75.2. The highest BCUT2D eigenvalue weighted by Crippen LogP contribution is 2.61. The van der Waals surface area contributed by atoms with Crippen LogP contribution in [0.4, 0.5) is 0 Å². The summed E-state index contributed by atoms with van der Waals surface area (Å²) >= 11 is 0. The van der Waals surface area contributed by atoms with E-state index in [2.05, 4.69) is 0 Å². The predicted octanol–water partition coefficient (Wildman–Crippen LogP) is 9.76. The minimum Gasteiger partial charge on any atom is -0.469 e. The first-order valence-electron chi connectivity index (χ1n) is 36.1. The zero-order valence-corrected chi connectivity index (χ0v) is 60.8. The fourth-order valence-electron chi connectivity index (χ4n) is 17.4. The van der Waals surface area contributed by atoms with Crippen LogP contribution < -0.4 is 0 Å². The Morgan fingerprint density at radius 3 is 0.982 bits per heavy atom. The molecule has 31 nitrogen and oxygen atoms in total. The summed E-state index contributed by atoms with van der Waals surface area (Å²) in [6, 6.07) is 0. The van der Waals surface area contributed by atoms with Gasteiger partial charge in [0.1, 0.15) is 78.6 Å². The molecule has 32 atom stereocenters. The number of hydrogen-bond donors (Lipinski definition) is 0. The molecule has 113 heavy (non-hydrogen) atoms. The molecule has 0 N–H and O–H groups in total. The fraction of sp³-hybridized carbons (Fsp3) is 0.829. The van der Waals surface area contributed by atoms with Crippen LogP contribution in [0.15, 0.2) is 0 Å². The number of fused-ring (bicyclic) bond motifs is 5. The number of rotatable bonds is 19. The molecular weight excluding hydrogens is 1480 g/mol. The molecule has 11 saturated heterocycles. The van der Waals surface area contributed by atoms with Gasteiger partial charge in [0.15, 0.2) is 36.6 Å². The molecule has 32 unspecified atom stereocenters. The van der Waals surface area contributed by atoms with Gasteiger partial charge >= 0.3 is 83.6 Å². The number of hydrogen-bond acceptors (Lipinski definition) is 31. The van der Waals surface area contributed by atoms with Crippen molar-refractivity contribution in [1.29, 1.82) is 0 Å². The van der Waals surface area contributed by atoms with E-state index in [1.54, 1.807) is 27.7 Å². The van der Waals surface area contributed by atoms with Crippen molar-refractivity contribution in [2.24, 2.45) is 106 Å². The van der Waals surface area contributed by atoms with Crippen LogP contribution in [-0.2, 0) is 148 Å². The zero-order valence-electron chi connectivity index (χ0n) is 60.8. The molecule has 0 aromatic carbocycles. The fourth-order valence-corrected chi connectivity index (χ4v) is 17.4. The van der Waals surface area contributed by atoms with E-state index in [4.69, 9.17) is 80.5 Å². The highest BCUT2D eigenvalue weighted by molar-refractivity contribution is 5.90. The van der Waals surface area contributed by atoms with Gasteiger partial charge in [0.25, 0.3) is 0 Å². The Balaban J connectivity index is 0.000000692. The van der Waals surface area contributed by atoms with Crippen LogP contribution in [0.3, 0.4) is 0 Å². The molecule has 11 heterocycles. The molecule has 15 aliphatic rings. The lowest BCUT2D eigenvalue weighted by molar-refractivity contribution is -0.173. The van der Waals surface area contributed by atoms with Gasteiger partial charge in [0.05, 0.1) is 92.7 Å². The van der Waals surface area contributed by atoms with E-state index in [-0.39, 0.29) is 194 Å². The van der Waals surface area contributed by atoms with Crippen LogP contribution in [0.5, 0.6) is 0 Å². The van der Waals surface area contributed by atoms with Crippen molar-refractivity contribution in [2.45, 2.75) is 306 Å². The molecule has 650 valence electrons. The summed E-state index contributed by atoms with van der Waals surface area (Å²) in [4.78, 5) is 168. The summed E-state index contributed by atoms with van der Waals surface area (Å²) in [5.41, 5.74) is -1.24. The van der Waals surface area contributed by atoms with E-state index in [1.165, 1.54) is 28.4 Å². The third-order valence-electron chi connectivity index (χ3n) is 24.7. The standard InChI is InChI=1S/C16H22O6.C15H20O7.C15H20O6.C14H18O7.C12H16O5.10CH4/c1-5-16(2,3)15(19)22-12-7-6-8-10(9(7)13(17)20-4)14(18)21-11(8)12;1-5-15(2,3)14(18)22-11-8-6(12(16)19-4)7-9(20-8)10(11)21-13(7)17;1-4-6(2)13(16)20-11-7-5-8-10(9(7)14(17)19-3)15(18)21-12(8)11;1-4-5(2)12(15)20-10-8-6(13(16)18-3)7-9(19-8)11(10)21-14(7)17;1-3-5(2)11(13)16-9-7-4-6-8(15-7)10(9)17-12(6)14;;;;;;;;;;/h7-12H,5-6H2,1-4H3;6-11H,5H2,1-4H3;6-12H,4-5H2,1-3H3;5-11H,4H2,1-3H3;5-10H,3-4H2,1-2H3;10*1H4. The number of carbonyl (C=O) groups excluding carboxylic acids is 14. The largest absolute Gasteiger partial charge is 0.469 e. The van der Waals surface area contributed by atoms with Crippen LogP contribution in [0.25, 0.3) is 0 Å². The van der Waals surface area contributed by atoms with E-state index in [0.717, 1.165) is 6.42 Å². The van der Waals surface area contributed by atoms with Crippen LogP contribution in [0.1, 0.15) is 209 Å². The Morgan fingerprint density at radius 2 is 0.628 bits per heavy atom. The maximum Gasteiger partial charge on any atom is 0.313 e. The van der Waals surface area contributed by atoms with E-state index in [1.807, 2.05) is 55.4 Å². The van der Waals surface area contributed by atoms with Gasteiger partial charge in [-0.1, -0.05) is 130 Å². The molecule has 11 aliphatic heterocycles. The van der Waals surface area contributed by atoms with Crippen LogP contribution in [-0.4, -0.2) is 210 Å². The van der Waals surface area contributed by atoms with Crippen molar-refractivity contribution in [1.82, 2.24) is 0 Å². The van der Waals surface area contributed by atoms with Crippen molar-refractivity contribution in [2.75, 3.05) is 28.4 Å². The second kappa shape index (κ2) is 39.9. The molecular formula is C82H136O31. The Labute approximate surface area is 668 Å². The van der Waals surface area contributed by atoms with Gasteiger partial charge in [-0.25, -0.2) is 0 Å². The van der Waals surface area contributed by atoms with E-state index in [9.17, 15) is 67.1 Å². The van der Waals surface area contributed by atoms with Crippen molar-refractivity contribution < 1.29 is 148 Å². The molecule has 0 aromatic heterocycles. The first-order chi connectivity index (χ1) is 48.7. The molecule has 31 heteroatoms. The molecule has 4 aliphatic carbocycles. The Hall–Kier alpha value is -7.54. The number of carbonyl (C=O) groups is 14. The van der Waals surface area contributed by atoms with Crippen molar-refractivity contribution in [3.8, 4) is 0 Å². The predicted molar refractivity (Wildman–Crippen MR) is 406 cm³/mol. The topological polar surface area (TPSA) is 396 Å². The van der Waals surface area contributed by atoms with Crippen LogP contribution in [0.2, 0.25) is 0 Å². The van der Waals surface area contributed by atoms with Gasteiger partial charge in [0, 0.05) is 23.7 Å². The molecule has 4 saturated carbocycles. The lowest BCUT2D eigenvalue weighted by atomic mass is 9.78. The second-order valence-corrected chi connectivity index (χ2v) is 30.9. The van der Waals surface area contributed by atoms with Crippen molar-refractivity contribution in [3.63, 3.8) is 0 Å². The summed E-state index contributed by atoms with van der Waals surface area (Å²) in [5, 5.41) is 0. The van der Waals surface area contributed by atoms with E-state index < -0.39 is 167 Å². The summed E-state index contributed by atoms with van der Waals surface area (Å²) in [7, 11) is 5.14. The third kappa shape index (κ3) is 17.8. The SMILES string of the molecule is C.C.C.C.C.C.C.C.C.C.CCC(C)(C)C(=O)OC1C2CC3C1OC(=O)C3C2C(=O)OC.CCC(C)(C)C(=O)OC1C2OC(=O)C3C2OC1C3C(=O)OC.CCC(C)C(=O)OC1C2CC3C(=O)OC1C3O2.CCC(C)C(=O)OC1C2CC3C1OC(=O)C3C2C(=O)OC.CCC(C)C(=O)OC1C2OC(=O)C3C2OC1C3C(=O)OC. The van der Waals surface area contributed by atoms with Crippen molar-refractivity contribution >= 4 is 83.6 Å². The maximum absolute atomic E-state index is 12.4. The Bertz CT molecular complexity index is 3220. The number of ether oxygens (including phenoxy) is 17. The van der Waals surface area contributed by atoms with Gasteiger partial charge in [-0.15, -0.1) is 0 Å². The molecule has 0 amide bonds. The molecule has 10 bridgehead atoms. The van der Waals surface area contributed by atoms with Crippen molar-refractivity contribution in [3.05, 3.63) is 0 Å². The average Bonchev–Trinajstić information content (AvgIpc) is 1.57. The van der Waals surface area contributed by atoms with Gasteiger partial charge in [-0.05, 0) is 79.1 Å². The number of esters is 14. The Kier molecular flexibility index (Phi) is 36.5. The quantitative estimate of drug-likeness (QED) is 0.0857. The monoisotopic (exact) mass is 1620 g/mol. The average molecular weight is 1620 g/mol. The minimum atomic E-state index is -0.774. The Morgan fingerprint density at radius 1 is 0.336 bits per heavy atom. The minimum absolute atomic E-state index is 0. The number of methoxy groups -OCH3 is 4. The molecule has 0 aromatic rings. The van der Waals surface area contributed by atoms with Crippen LogP contribution in [0, 0.1) is 106 Å². The molecule has 15 fully saturated rings. The lowest BCUT2D eigenvalue weighted by Crippen LogP contribution is -2.49. The van der Waals surface area contributed by atoms with Gasteiger partial charge in [-0.2, -0.15) is 0 Å². The van der Waals surface area contributed by atoms with E-state index in [0.29, 0.717) is 44.9 Å². The summed E-state index contributed by atoms with van der Waals surface area (Å²) in [5.74, 6) is -11.3. The summed E-state index contributed by atoms with van der Waals surface area (Å²) in [6.45, 7) is 22.2. The second-order valence-electron chi connectivity index (χ2n) is 30.9. The smallest absolute Gasteiger partial charge is 0.313 e. The van der Waals surface area contributed by atoms with Gasteiger partial charge in [0.2, 0.25) is 0 Å². The summed E-state index contributed by atoms with van der Waals surface area (Å²) < 4.78 is 90.4. The normalized spacial score (nSPS) is 36.8. The molecule has 0 spiro atoms. The van der Waals surface area contributed by atoms with E-state index >= 15 is 0 Å². The highest BCUT2D eigenvalue weighted by atomic mass is 16.7. The molecule has 15 rings (SSSR count). The lowest BCUT2D eigenvalue weighted by Gasteiger charge is -2.32. The summed E-state index contributed by atoms with van der Waals surface area (Å²) in [6.07, 6.45) is -2.78. The maximum atomic E-state index is 12.4. The third-order valence-corrected chi connectivity index (χ3v) is 24.7. The first kappa shape index (κ1) is 103. The first-order valence-corrected chi connectivity index (χ1v) is 36.1.